The molecule has 0 aliphatic carbocycles. The van der Waals surface area contributed by atoms with Gasteiger partial charge < -0.3 is 4.90 Å². The van der Waals surface area contributed by atoms with Gasteiger partial charge in [-0.25, -0.2) is 4.39 Å². The summed E-state index contributed by atoms with van der Waals surface area (Å²) in [5.41, 5.74) is 0.968. The van der Waals surface area contributed by atoms with E-state index >= 15 is 0 Å². The molecule has 3 rings (SSSR count). The lowest BCUT2D eigenvalue weighted by molar-refractivity contribution is -0.138. The van der Waals surface area contributed by atoms with Crippen molar-refractivity contribution in [1.82, 2.24) is 9.80 Å². The molecular weight excluding hydrogens is 317 g/mol. The van der Waals surface area contributed by atoms with Gasteiger partial charge in [0.1, 0.15) is 5.82 Å². The van der Waals surface area contributed by atoms with E-state index in [4.69, 9.17) is 5.26 Å². The number of hydrogen-bond acceptors (Lipinski definition) is 3. The summed E-state index contributed by atoms with van der Waals surface area (Å²) in [6.07, 6.45) is 4.03. The Balaban J connectivity index is 1.52. The van der Waals surface area contributed by atoms with Crippen LogP contribution in [0.3, 0.4) is 0 Å². The quantitative estimate of drug-likeness (QED) is 0.847. The predicted molar refractivity (Wildman–Crippen MR) is 94.1 cm³/mol. The number of halogens is 1. The van der Waals surface area contributed by atoms with Crippen LogP contribution in [0.1, 0.15) is 43.7 Å². The van der Waals surface area contributed by atoms with Crippen molar-refractivity contribution in [2.75, 3.05) is 26.2 Å². The summed E-state index contributed by atoms with van der Waals surface area (Å²) in [7, 11) is 0. The van der Waals surface area contributed by atoms with Gasteiger partial charge in [0.25, 0.3) is 0 Å². The second-order valence-corrected chi connectivity index (χ2v) is 7.50. The molecule has 25 heavy (non-hydrogen) atoms. The highest BCUT2D eigenvalue weighted by molar-refractivity contribution is 5.79. The average molecular weight is 343 g/mol. The molecule has 0 bridgehead atoms. The zero-order valence-electron chi connectivity index (χ0n) is 14.9. The summed E-state index contributed by atoms with van der Waals surface area (Å²) < 4.78 is 14.0. The number of hydrogen-bond donors (Lipinski definition) is 0. The van der Waals surface area contributed by atoms with Crippen LogP contribution in [0, 0.1) is 29.0 Å². The fourth-order valence-electron chi connectivity index (χ4n) is 3.97. The molecule has 0 spiro atoms. The summed E-state index contributed by atoms with van der Waals surface area (Å²) >= 11 is 0. The maximum atomic E-state index is 14.0. The minimum absolute atomic E-state index is 0.118. The molecule has 0 unspecified atom stereocenters. The standard InChI is InChI=1S/C20H26FN3O/c1-15-3-2-8-24(13-15)20(25)17-6-9-23(10-7-17)14-18-5-4-16(12-22)11-19(18)21/h4-5,11,15,17H,2-3,6-10,13-14H2,1H3/t15-/m1/s1. The first-order valence-corrected chi connectivity index (χ1v) is 9.26. The normalized spacial score (nSPS) is 22.6. The van der Waals surface area contributed by atoms with Crippen LogP contribution in [-0.2, 0) is 11.3 Å². The molecular formula is C20H26FN3O. The van der Waals surface area contributed by atoms with Gasteiger partial charge in [0, 0.05) is 31.1 Å². The van der Waals surface area contributed by atoms with Crippen LogP contribution >= 0.6 is 0 Å². The summed E-state index contributed by atoms with van der Waals surface area (Å²) in [5.74, 6) is 0.722. The molecule has 2 saturated heterocycles. The molecule has 2 aliphatic heterocycles. The minimum Gasteiger partial charge on any atom is -0.342 e. The zero-order chi connectivity index (χ0) is 17.8. The molecule has 1 atom stereocenters. The van der Waals surface area contributed by atoms with Gasteiger partial charge in [0.15, 0.2) is 0 Å². The smallest absolute Gasteiger partial charge is 0.225 e. The van der Waals surface area contributed by atoms with E-state index in [1.165, 1.54) is 12.5 Å². The molecule has 5 heteroatoms. The molecule has 2 fully saturated rings. The first-order valence-electron chi connectivity index (χ1n) is 9.26. The number of nitriles is 1. The van der Waals surface area contributed by atoms with E-state index in [1.54, 1.807) is 12.1 Å². The van der Waals surface area contributed by atoms with Gasteiger partial charge in [-0.1, -0.05) is 13.0 Å². The average Bonchev–Trinajstić information content (AvgIpc) is 2.63. The van der Waals surface area contributed by atoms with Crippen LogP contribution in [0.25, 0.3) is 0 Å². The Kier molecular flexibility index (Phi) is 5.70. The van der Waals surface area contributed by atoms with Gasteiger partial charge in [0.2, 0.25) is 5.91 Å². The Bertz CT molecular complexity index is 661. The van der Waals surface area contributed by atoms with Gasteiger partial charge >= 0.3 is 0 Å². The minimum atomic E-state index is -0.320. The topological polar surface area (TPSA) is 47.3 Å². The molecule has 0 saturated carbocycles. The summed E-state index contributed by atoms with van der Waals surface area (Å²) in [6, 6.07) is 6.60. The Morgan fingerprint density at radius 2 is 2.04 bits per heavy atom. The number of likely N-dealkylation sites (tertiary alicyclic amines) is 2. The number of carbonyl (C=O) groups excluding carboxylic acids is 1. The van der Waals surface area contributed by atoms with Crippen molar-refractivity contribution < 1.29 is 9.18 Å². The number of amides is 1. The Morgan fingerprint density at radius 3 is 2.68 bits per heavy atom. The summed E-state index contributed by atoms with van der Waals surface area (Å²) in [4.78, 5) is 17.0. The van der Waals surface area contributed by atoms with E-state index in [2.05, 4.69) is 16.7 Å². The molecule has 2 aliphatic rings. The van der Waals surface area contributed by atoms with E-state index in [1.807, 2.05) is 6.07 Å². The molecule has 0 N–H and O–H groups in total. The van der Waals surface area contributed by atoms with Crippen molar-refractivity contribution in [1.29, 1.82) is 5.26 Å². The second-order valence-electron chi connectivity index (χ2n) is 7.50. The fourth-order valence-corrected chi connectivity index (χ4v) is 3.97. The third-order valence-corrected chi connectivity index (χ3v) is 5.48. The number of rotatable bonds is 3. The molecule has 1 aromatic rings. The molecule has 0 aromatic heterocycles. The SMILES string of the molecule is C[C@@H]1CCCN(C(=O)C2CCN(Cc3ccc(C#N)cc3F)CC2)C1. The highest BCUT2D eigenvalue weighted by Gasteiger charge is 2.30. The van der Waals surface area contributed by atoms with Gasteiger partial charge in [0.05, 0.1) is 11.6 Å². The summed E-state index contributed by atoms with van der Waals surface area (Å²) in [6.45, 7) is 6.20. The van der Waals surface area contributed by atoms with E-state index in [0.717, 1.165) is 45.4 Å². The van der Waals surface area contributed by atoms with Crippen molar-refractivity contribution in [2.45, 2.75) is 39.2 Å². The number of nitrogens with zero attached hydrogens (tertiary/aromatic N) is 3. The lowest BCUT2D eigenvalue weighted by atomic mass is 9.92. The number of carbonyl (C=O) groups is 1. The lowest BCUT2D eigenvalue weighted by Crippen LogP contribution is -2.45. The molecule has 4 nitrogen and oxygen atoms in total. The van der Waals surface area contributed by atoms with Crippen LogP contribution in [0.5, 0.6) is 0 Å². The van der Waals surface area contributed by atoms with E-state index < -0.39 is 0 Å². The lowest BCUT2D eigenvalue weighted by Gasteiger charge is -2.37. The maximum absolute atomic E-state index is 14.0. The molecule has 134 valence electrons. The number of benzene rings is 1. The van der Waals surface area contributed by atoms with Gasteiger partial charge in [-0.05, 0) is 56.8 Å². The fraction of sp³-hybridized carbons (Fsp3) is 0.600. The first-order chi connectivity index (χ1) is 12.1. The van der Waals surface area contributed by atoms with E-state index in [9.17, 15) is 9.18 Å². The van der Waals surface area contributed by atoms with Gasteiger partial charge in [-0.2, -0.15) is 5.26 Å². The van der Waals surface area contributed by atoms with E-state index in [0.29, 0.717) is 29.5 Å². The molecule has 2 heterocycles. The van der Waals surface area contributed by atoms with Crippen molar-refractivity contribution in [2.24, 2.45) is 11.8 Å². The summed E-state index contributed by atoms with van der Waals surface area (Å²) in [5, 5.41) is 8.82. The van der Waals surface area contributed by atoms with Crippen molar-refractivity contribution in [3.63, 3.8) is 0 Å². The number of piperidine rings is 2. The third kappa shape index (κ3) is 4.38. The van der Waals surface area contributed by atoms with Gasteiger partial charge in [-0.3, -0.25) is 9.69 Å². The molecule has 0 radical (unpaired) electrons. The van der Waals surface area contributed by atoms with Crippen LogP contribution in [-0.4, -0.2) is 41.9 Å². The largest absolute Gasteiger partial charge is 0.342 e. The molecule has 1 amide bonds. The predicted octanol–water partition coefficient (Wildman–Crippen LogP) is 3.17. The zero-order valence-corrected chi connectivity index (χ0v) is 14.9. The van der Waals surface area contributed by atoms with Crippen LogP contribution in [0.2, 0.25) is 0 Å². The van der Waals surface area contributed by atoms with Crippen LogP contribution in [0.15, 0.2) is 18.2 Å². The first kappa shape index (κ1) is 17.9. The maximum Gasteiger partial charge on any atom is 0.225 e. The van der Waals surface area contributed by atoms with Crippen molar-refractivity contribution in [3.05, 3.63) is 35.1 Å². The van der Waals surface area contributed by atoms with Crippen LogP contribution in [0.4, 0.5) is 4.39 Å². The Labute approximate surface area is 149 Å². The highest BCUT2D eigenvalue weighted by atomic mass is 19.1. The monoisotopic (exact) mass is 343 g/mol. The molecule has 1 aromatic carbocycles. The third-order valence-electron chi connectivity index (χ3n) is 5.48. The van der Waals surface area contributed by atoms with Crippen LogP contribution < -0.4 is 0 Å². The Hall–Kier alpha value is -1.93. The van der Waals surface area contributed by atoms with Crippen molar-refractivity contribution >= 4 is 5.91 Å². The van der Waals surface area contributed by atoms with Gasteiger partial charge in [-0.15, -0.1) is 0 Å². The highest BCUT2D eigenvalue weighted by Crippen LogP contribution is 2.25. The Morgan fingerprint density at radius 1 is 1.28 bits per heavy atom. The van der Waals surface area contributed by atoms with E-state index in [-0.39, 0.29) is 11.7 Å². The van der Waals surface area contributed by atoms with Crippen molar-refractivity contribution in [3.8, 4) is 6.07 Å². The second kappa shape index (κ2) is 7.97.